The van der Waals surface area contributed by atoms with Crippen molar-refractivity contribution in [3.63, 3.8) is 0 Å². The molecule has 0 radical (unpaired) electrons. The number of benzene rings is 5. The van der Waals surface area contributed by atoms with E-state index < -0.39 is 0 Å². The lowest BCUT2D eigenvalue weighted by molar-refractivity contribution is 0.452. The van der Waals surface area contributed by atoms with E-state index in [1.807, 2.05) is 60.7 Å². The van der Waals surface area contributed by atoms with Crippen molar-refractivity contribution in [3.8, 4) is 28.7 Å². The van der Waals surface area contributed by atoms with Crippen molar-refractivity contribution in [2.24, 2.45) is 0 Å². The molecule has 5 N–H and O–H groups in total. The summed E-state index contributed by atoms with van der Waals surface area (Å²) >= 11 is 0. The summed E-state index contributed by atoms with van der Waals surface area (Å²) in [6, 6.07) is 23.6. The Morgan fingerprint density at radius 3 is 0.722 bits per heavy atom. The molecule has 0 bridgehead atoms. The standard InChI is InChI=1S/C49H60O5/c1-27(2)32-11-13-45(50)37(15-32)23-39-17-34(29(5)6)19-41(47(39)52)25-43-21-36(31(9)10)22-44(49(43)54)26-42-20-35(30(7)8)18-40(48(42)53)24-38-16-33(28(3)4)12-14-46(38)51/h11-22,27-31,50-54H,23-26H2,1-10H3. The first kappa shape index (κ1) is 40.3. The number of hydrogen-bond acceptors (Lipinski definition) is 5. The van der Waals surface area contributed by atoms with Crippen molar-refractivity contribution in [2.45, 2.75) is 125 Å². The van der Waals surface area contributed by atoms with E-state index in [1.165, 1.54) is 0 Å². The third kappa shape index (κ3) is 9.06. The van der Waals surface area contributed by atoms with E-state index in [4.69, 9.17) is 0 Å². The van der Waals surface area contributed by atoms with Crippen LogP contribution in [0, 0.1) is 0 Å². The molecule has 0 heterocycles. The van der Waals surface area contributed by atoms with Gasteiger partial charge in [0.15, 0.2) is 0 Å². The van der Waals surface area contributed by atoms with E-state index in [-0.39, 0.29) is 46.5 Å². The minimum Gasteiger partial charge on any atom is -0.508 e. The van der Waals surface area contributed by atoms with Crippen LogP contribution in [0.1, 0.15) is 171 Å². The largest absolute Gasteiger partial charge is 0.508 e. The van der Waals surface area contributed by atoms with E-state index in [0.29, 0.717) is 59.8 Å². The lowest BCUT2D eigenvalue weighted by atomic mass is 9.87. The number of phenolic OH excluding ortho intramolecular Hbond substituents is 5. The highest BCUT2D eigenvalue weighted by molar-refractivity contribution is 5.56. The predicted molar refractivity (Wildman–Crippen MR) is 222 cm³/mol. The van der Waals surface area contributed by atoms with Crippen LogP contribution in [-0.2, 0) is 25.7 Å². The topological polar surface area (TPSA) is 101 Å². The van der Waals surface area contributed by atoms with Crippen LogP contribution in [0.2, 0.25) is 0 Å². The smallest absolute Gasteiger partial charge is 0.122 e. The maximum Gasteiger partial charge on any atom is 0.122 e. The van der Waals surface area contributed by atoms with Crippen LogP contribution >= 0.6 is 0 Å². The van der Waals surface area contributed by atoms with Gasteiger partial charge in [0.2, 0.25) is 0 Å². The van der Waals surface area contributed by atoms with Gasteiger partial charge in [0.05, 0.1) is 0 Å². The minimum absolute atomic E-state index is 0.149. The quantitative estimate of drug-likeness (QED) is 0.0831. The third-order valence-electron chi connectivity index (χ3n) is 10.9. The summed E-state index contributed by atoms with van der Waals surface area (Å²) in [5, 5.41) is 57.1. The van der Waals surface area contributed by atoms with Gasteiger partial charge in [-0.3, -0.25) is 0 Å². The molecule has 0 fully saturated rings. The van der Waals surface area contributed by atoms with Crippen LogP contribution in [-0.4, -0.2) is 25.5 Å². The molecule has 0 saturated heterocycles. The summed E-state index contributed by atoms with van der Waals surface area (Å²) in [5.41, 5.74) is 11.3. The second-order valence-corrected chi connectivity index (χ2v) is 16.8. The predicted octanol–water partition coefficient (Wildman–Crippen LogP) is 12.2. The molecule has 5 rings (SSSR count). The lowest BCUT2D eigenvalue weighted by Crippen LogP contribution is -2.03. The van der Waals surface area contributed by atoms with Crippen LogP contribution in [0.25, 0.3) is 0 Å². The van der Waals surface area contributed by atoms with Crippen LogP contribution in [0.15, 0.2) is 72.8 Å². The first-order valence-corrected chi connectivity index (χ1v) is 19.6. The lowest BCUT2D eigenvalue weighted by Gasteiger charge is -2.20. The molecular formula is C49H60O5. The van der Waals surface area contributed by atoms with E-state index in [9.17, 15) is 25.5 Å². The fraction of sp³-hybridized carbons (Fsp3) is 0.388. The summed E-state index contributed by atoms with van der Waals surface area (Å²) in [4.78, 5) is 0. The number of phenols is 5. The van der Waals surface area contributed by atoms with Gasteiger partial charge in [0, 0.05) is 25.7 Å². The van der Waals surface area contributed by atoms with Gasteiger partial charge in [-0.15, -0.1) is 0 Å². The van der Waals surface area contributed by atoms with E-state index in [0.717, 1.165) is 50.1 Å². The zero-order valence-electron chi connectivity index (χ0n) is 33.9. The molecule has 5 heteroatoms. The monoisotopic (exact) mass is 728 g/mol. The second-order valence-electron chi connectivity index (χ2n) is 16.8. The molecule has 0 aliphatic heterocycles. The summed E-state index contributed by atoms with van der Waals surface area (Å²) < 4.78 is 0. The maximum atomic E-state index is 12.0. The molecule has 5 aromatic carbocycles. The molecular weight excluding hydrogens is 669 g/mol. The molecule has 54 heavy (non-hydrogen) atoms. The highest BCUT2D eigenvalue weighted by Gasteiger charge is 2.21. The summed E-state index contributed by atoms with van der Waals surface area (Å²) in [7, 11) is 0. The molecule has 0 unspecified atom stereocenters. The highest BCUT2D eigenvalue weighted by atomic mass is 16.3. The Hall–Kier alpha value is -4.90. The maximum absolute atomic E-state index is 12.0. The Morgan fingerprint density at radius 2 is 0.500 bits per heavy atom. The molecule has 0 aromatic heterocycles. The summed E-state index contributed by atoms with van der Waals surface area (Å²) in [6.07, 6.45) is 1.38. The number of rotatable bonds is 13. The minimum atomic E-state index is 0.149. The average molecular weight is 729 g/mol. The highest BCUT2D eigenvalue weighted by Crippen LogP contribution is 2.40. The Labute approximate surface area is 323 Å². The van der Waals surface area contributed by atoms with Gasteiger partial charge in [-0.05, 0) is 114 Å². The molecule has 0 saturated carbocycles. The van der Waals surface area contributed by atoms with Gasteiger partial charge in [-0.1, -0.05) is 130 Å². The Kier molecular flexibility index (Phi) is 12.4. The van der Waals surface area contributed by atoms with Crippen LogP contribution < -0.4 is 0 Å². The van der Waals surface area contributed by atoms with Gasteiger partial charge < -0.3 is 25.5 Å². The van der Waals surface area contributed by atoms with E-state index >= 15 is 0 Å². The normalized spacial score (nSPS) is 11.9. The first-order chi connectivity index (χ1) is 25.4. The summed E-state index contributed by atoms with van der Waals surface area (Å²) in [5.74, 6) is 2.07. The van der Waals surface area contributed by atoms with Crippen LogP contribution in [0.3, 0.4) is 0 Å². The molecule has 286 valence electrons. The average Bonchev–Trinajstić information content (AvgIpc) is 3.10. The Morgan fingerprint density at radius 1 is 0.296 bits per heavy atom. The van der Waals surface area contributed by atoms with Gasteiger partial charge >= 0.3 is 0 Å². The van der Waals surface area contributed by atoms with Crippen molar-refractivity contribution in [3.05, 3.63) is 145 Å². The molecule has 0 aliphatic carbocycles. The molecule has 0 spiro atoms. The van der Waals surface area contributed by atoms with Crippen molar-refractivity contribution in [1.29, 1.82) is 0 Å². The zero-order chi connectivity index (χ0) is 39.6. The molecule has 0 amide bonds. The second kappa shape index (κ2) is 16.6. The van der Waals surface area contributed by atoms with Crippen molar-refractivity contribution in [2.75, 3.05) is 0 Å². The molecule has 0 aliphatic rings. The molecule has 0 atom stereocenters. The Bertz CT molecular complexity index is 1970. The van der Waals surface area contributed by atoms with Gasteiger partial charge in [0.1, 0.15) is 28.7 Å². The molecule has 5 aromatic rings. The first-order valence-electron chi connectivity index (χ1n) is 19.6. The third-order valence-corrected chi connectivity index (χ3v) is 10.9. The summed E-state index contributed by atoms with van der Waals surface area (Å²) in [6.45, 7) is 21.2. The Balaban J connectivity index is 1.57. The van der Waals surface area contributed by atoms with E-state index in [1.54, 1.807) is 12.1 Å². The van der Waals surface area contributed by atoms with Crippen LogP contribution in [0.5, 0.6) is 28.7 Å². The van der Waals surface area contributed by atoms with Crippen molar-refractivity contribution in [1.82, 2.24) is 0 Å². The van der Waals surface area contributed by atoms with Crippen molar-refractivity contribution >= 4 is 0 Å². The fourth-order valence-corrected chi connectivity index (χ4v) is 7.20. The van der Waals surface area contributed by atoms with Gasteiger partial charge in [-0.25, -0.2) is 0 Å². The number of aromatic hydroxyl groups is 5. The van der Waals surface area contributed by atoms with E-state index in [2.05, 4.69) is 69.2 Å². The number of hydrogen-bond donors (Lipinski definition) is 5. The van der Waals surface area contributed by atoms with Crippen LogP contribution in [0.4, 0.5) is 0 Å². The van der Waals surface area contributed by atoms with Gasteiger partial charge in [-0.2, -0.15) is 0 Å². The SMILES string of the molecule is CC(C)c1ccc(O)c(Cc2cc(C(C)C)cc(Cc3cc(C(C)C)cc(Cc4cc(C(C)C)cc(Cc5cc(C(C)C)ccc5O)c4O)c3O)c2O)c1. The van der Waals surface area contributed by atoms with Crippen molar-refractivity contribution < 1.29 is 25.5 Å². The van der Waals surface area contributed by atoms with Gasteiger partial charge in [0.25, 0.3) is 0 Å². The zero-order valence-corrected chi connectivity index (χ0v) is 33.9. The fourth-order valence-electron chi connectivity index (χ4n) is 7.20. The molecule has 5 nitrogen and oxygen atoms in total.